The van der Waals surface area contributed by atoms with Crippen molar-refractivity contribution in [1.82, 2.24) is 19.2 Å². The lowest BCUT2D eigenvalue weighted by Gasteiger charge is -2.32. The van der Waals surface area contributed by atoms with Gasteiger partial charge in [-0.2, -0.15) is 4.31 Å². The Hall–Kier alpha value is -1.41. The molecule has 1 aromatic rings. The van der Waals surface area contributed by atoms with Crippen LogP contribution in [-0.4, -0.2) is 47.8 Å². The van der Waals surface area contributed by atoms with Gasteiger partial charge < -0.3 is 9.88 Å². The van der Waals surface area contributed by atoms with Crippen molar-refractivity contribution in [3.63, 3.8) is 0 Å². The molecule has 1 atom stereocenters. The van der Waals surface area contributed by atoms with E-state index in [1.165, 1.54) is 23.9 Å². The molecule has 2 rings (SSSR count). The largest absolute Gasteiger partial charge is 0.358 e. The highest BCUT2D eigenvalue weighted by atomic mass is 32.2. The summed E-state index contributed by atoms with van der Waals surface area (Å²) in [6, 6.07) is -0.634. The molecule has 19 heavy (non-hydrogen) atoms. The standard InChI is InChI=1S/C11H18N4O3S/c1-12-11(16)9-5-3-4-6-15(9)19(17,18)10-7-14(2)8-13-10/h7-9H,3-6H2,1-2H3,(H,12,16)/t9-/m0/s1. The third-order valence-corrected chi connectivity index (χ3v) is 5.05. The van der Waals surface area contributed by atoms with Gasteiger partial charge in [0.1, 0.15) is 6.04 Å². The first-order valence-electron chi connectivity index (χ1n) is 6.18. The van der Waals surface area contributed by atoms with E-state index in [9.17, 15) is 13.2 Å². The lowest BCUT2D eigenvalue weighted by molar-refractivity contribution is -0.125. The zero-order valence-electron chi connectivity index (χ0n) is 11.0. The number of nitrogens with one attached hydrogen (secondary N) is 1. The van der Waals surface area contributed by atoms with Gasteiger partial charge in [-0.25, -0.2) is 13.4 Å². The molecular weight excluding hydrogens is 268 g/mol. The zero-order chi connectivity index (χ0) is 14.0. The van der Waals surface area contributed by atoms with Gasteiger partial charge in [-0.05, 0) is 12.8 Å². The summed E-state index contributed by atoms with van der Waals surface area (Å²) in [4.78, 5) is 15.7. The molecule has 106 valence electrons. The molecule has 0 spiro atoms. The molecule has 1 fully saturated rings. The molecule has 0 radical (unpaired) electrons. The minimum absolute atomic E-state index is 0.00852. The number of nitrogens with zero attached hydrogens (tertiary/aromatic N) is 3. The predicted octanol–water partition coefficient (Wildman–Crippen LogP) is -0.291. The minimum Gasteiger partial charge on any atom is -0.358 e. The fourth-order valence-corrected chi connectivity index (χ4v) is 3.89. The van der Waals surface area contributed by atoms with E-state index < -0.39 is 16.1 Å². The van der Waals surface area contributed by atoms with Crippen molar-refractivity contribution in [2.75, 3.05) is 13.6 Å². The number of carbonyl (C=O) groups excluding carboxylic acids is 1. The van der Waals surface area contributed by atoms with Gasteiger partial charge >= 0.3 is 0 Å². The fourth-order valence-electron chi connectivity index (χ4n) is 2.26. The molecule has 1 aliphatic rings. The number of likely N-dealkylation sites (N-methyl/N-ethyl adjacent to an activating group) is 1. The molecule has 0 bridgehead atoms. The van der Waals surface area contributed by atoms with Gasteiger partial charge in [0.05, 0.1) is 6.33 Å². The maximum atomic E-state index is 12.5. The Morgan fingerprint density at radius 3 is 2.79 bits per heavy atom. The Morgan fingerprint density at radius 1 is 1.47 bits per heavy atom. The highest BCUT2D eigenvalue weighted by Crippen LogP contribution is 2.24. The molecule has 1 saturated heterocycles. The fraction of sp³-hybridized carbons (Fsp3) is 0.636. The van der Waals surface area contributed by atoms with E-state index >= 15 is 0 Å². The second-order valence-corrected chi connectivity index (χ2v) is 6.46. The minimum atomic E-state index is -3.70. The Labute approximate surface area is 112 Å². The number of sulfonamides is 1. The molecule has 0 saturated carbocycles. The van der Waals surface area contributed by atoms with E-state index in [-0.39, 0.29) is 10.9 Å². The summed E-state index contributed by atoms with van der Waals surface area (Å²) in [5.41, 5.74) is 0. The number of amides is 1. The average Bonchev–Trinajstić information content (AvgIpc) is 2.85. The first-order valence-corrected chi connectivity index (χ1v) is 7.62. The van der Waals surface area contributed by atoms with E-state index in [2.05, 4.69) is 10.3 Å². The van der Waals surface area contributed by atoms with Crippen molar-refractivity contribution in [1.29, 1.82) is 0 Å². The summed E-state index contributed by atoms with van der Waals surface area (Å²) >= 11 is 0. The number of rotatable bonds is 3. The molecular formula is C11H18N4O3S. The third-order valence-electron chi connectivity index (χ3n) is 3.26. The van der Waals surface area contributed by atoms with Crippen molar-refractivity contribution in [2.45, 2.75) is 30.3 Å². The van der Waals surface area contributed by atoms with Crippen LogP contribution in [0.15, 0.2) is 17.6 Å². The molecule has 7 nitrogen and oxygen atoms in total. The lowest BCUT2D eigenvalue weighted by atomic mass is 10.0. The number of aryl methyl sites for hydroxylation is 1. The number of hydrogen-bond donors (Lipinski definition) is 1. The zero-order valence-corrected chi connectivity index (χ0v) is 11.9. The average molecular weight is 286 g/mol. The number of aromatic nitrogens is 2. The molecule has 1 N–H and O–H groups in total. The molecule has 2 heterocycles. The Morgan fingerprint density at radius 2 is 2.21 bits per heavy atom. The number of piperidine rings is 1. The van der Waals surface area contributed by atoms with Crippen molar-refractivity contribution < 1.29 is 13.2 Å². The summed E-state index contributed by atoms with van der Waals surface area (Å²) in [5.74, 6) is -0.265. The number of imidazole rings is 1. The monoisotopic (exact) mass is 286 g/mol. The van der Waals surface area contributed by atoms with Crippen LogP contribution in [0.2, 0.25) is 0 Å². The second kappa shape index (κ2) is 5.30. The van der Waals surface area contributed by atoms with E-state index in [1.807, 2.05) is 0 Å². The molecule has 0 aliphatic carbocycles. The Balaban J connectivity index is 2.34. The summed E-state index contributed by atoms with van der Waals surface area (Å²) in [5, 5.41) is 2.51. The summed E-state index contributed by atoms with van der Waals surface area (Å²) in [6.07, 6.45) is 5.05. The van der Waals surface area contributed by atoms with Gasteiger partial charge in [-0.1, -0.05) is 6.42 Å². The maximum absolute atomic E-state index is 12.5. The number of carbonyl (C=O) groups is 1. The molecule has 0 unspecified atom stereocenters. The van der Waals surface area contributed by atoms with Gasteiger partial charge in [0.15, 0.2) is 5.03 Å². The maximum Gasteiger partial charge on any atom is 0.262 e. The van der Waals surface area contributed by atoms with Crippen LogP contribution in [-0.2, 0) is 21.9 Å². The van der Waals surface area contributed by atoms with E-state index in [1.54, 1.807) is 11.6 Å². The Kier molecular flexibility index (Phi) is 3.91. The van der Waals surface area contributed by atoms with Crippen LogP contribution >= 0.6 is 0 Å². The highest BCUT2D eigenvalue weighted by molar-refractivity contribution is 7.89. The van der Waals surface area contributed by atoms with Gasteiger partial charge in [0.2, 0.25) is 5.91 Å². The van der Waals surface area contributed by atoms with Crippen LogP contribution in [0.3, 0.4) is 0 Å². The topological polar surface area (TPSA) is 84.3 Å². The molecule has 1 aromatic heterocycles. The lowest BCUT2D eigenvalue weighted by Crippen LogP contribution is -2.51. The third kappa shape index (κ3) is 2.64. The summed E-state index contributed by atoms with van der Waals surface area (Å²) in [7, 11) is -0.482. The van der Waals surface area contributed by atoms with Crippen LogP contribution in [0.4, 0.5) is 0 Å². The first-order chi connectivity index (χ1) is 8.96. The molecule has 0 aromatic carbocycles. The van der Waals surface area contributed by atoms with Gasteiger partial charge in [-0.15, -0.1) is 0 Å². The number of hydrogen-bond acceptors (Lipinski definition) is 4. The van der Waals surface area contributed by atoms with Crippen molar-refractivity contribution in [3.05, 3.63) is 12.5 Å². The van der Waals surface area contributed by atoms with Crippen LogP contribution in [0.1, 0.15) is 19.3 Å². The summed E-state index contributed by atoms with van der Waals surface area (Å²) < 4.78 is 27.8. The predicted molar refractivity (Wildman–Crippen MR) is 68.8 cm³/mol. The van der Waals surface area contributed by atoms with E-state index in [4.69, 9.17) is 0 Å². The first kappa shape index (κ1) is 14.0. The van der Waals surface area contributed by atoms with Gasteiger partial charge in [0, 0.05) is 26.8 Å². The van der Waals surface area contributed by atoms with Gasteiger partial charge in [0.25, 0.3) is 10.0 Å². The van der Waals surface area contributed by atoms with Crippen LogP contribution < -0.4 is 5.32 Å². The molecule has 1 aliphatic heterocycles. The van der Waals surface area contributed by atoms with Crippen LogP contribution in [0.5, 0.6) is 0 Å². The van der Waals surface area contributed by atoms with E-state index in [0.717, 1.165) is 12.8 Å². The van der Waals surface area contributed by atoms with Crippen molar-refractivity contribution >= 4 is 15.9 Å². The van der Waals surface area contributed by atoms with Crippen LogP contribution in [0, 0.1) is 0 Å². The second-order valence-electron chi connectivity index (χ2n) is 4.62. The van der Waals surface area contributed by atoms with Crippen molar-refractivity contribution in [2.24, 2.45) is 7.05 Å². The van der Waals surface area contributed by atoms with Crippen LogP contribution in [0.25, 0.3) is 0 Å². The van der Waals surface area contributed by atoms with Gasteiger partial charge in [-0.3, -0.25) is 4.79 Å². The quantitative estimate of drug-likeness (QED) is 0.827. The van der Waals surface area contributed by atoms with E-state index in [0.29, 0.717) is 13.0 Å². The normalized spacial score (nSPS) is 21.3. The Bertz CT molecular complexity index is 566. The highest BCUT2D eigenvalue weighted by Gasteiger charge is 2.38. The molecule has 8 heteroatoms. The van der Waals surface area contributed by atoms with Crippen molar-refractivity contribution in [3.8, 4) is 0 Å². The smallest absolute Gasteiger partial charge is 0.262 e. The molecule has 1 amide bonds. The summed E-state index contributed by atoms with van der Waals surface area (Å²) in [6.45, 7) is 0.358. The SMILES string of the molecule is CNC(=O)[C@@H]1CCCCN1S(=O)(=O)c1cn(C)cn1.